The topological polar surface area (TPSA) is 48.2 Å². The van der Waals surface area contributed by atoms with Crippen molar-refractivity contribution in [1.29, 1.82) is 5.41 Å². The lowest BCUT2D eigenvalue weighted by atomic mass is 10.1. The molecule has 1 aromatic carbocycles. The maximum Gasteiger partial charge on any atom is 0.124 e. The SMILES string of the molecule is C=NC(=N)Cc1ccc(CNC)cc1. The van der Waals surface area contributed by atoms with Crippen LogP contribution in [0.4, 0.5) is 0 Å². The highest BCUT2D eigenvalue weighted by Gasteiger charge is 1.96. The minimum atomic E-state index is 0.311. The summed E-state index contributed by atoms with van der Waals surface area (Å²) in [7, 11) is 1.92. The third-order valence-corrected chi connectivity index (χ3v) is 1.97. The fourth-order valence-electron chi connectivity index (χ4n) is 1.23. The number of rotatable bonds is 4. The minimum Gasteiger partial charge on any atom is -0.316 e. The fraction of sp³-hybridized carbons (Fsp3) is 0.273. The number of nitrogens with one attached hydrogen (secondary N) is 2. The molecule has 1 aromatic rings. The van der Waals surface area contributed by atoms with E-state index in [1.807, 2.05) is 19.2 Å². The van der Waals surface area contributed by atoms with Gasteiger partial charge in [0.15, 0.2) is 0 Å². The molecule has 0 aliphatic rings. The molecule has 2 N–H and O–H groups in total. The highest BCUT2D eigenvalue weighted by atomic mass is 14.8. The first kappa shape index (κ1) is 10.6. The smallest absolute Gasteiger partial charge is 0.124 e. The van der Waals surface area contributed by atoms with E-state index in [9.17, 15) is 0 Å². The predicted octanol–water partition coefficient (Wildman–Crippen LogP) is 1.63. The molecule has 0 saturated carbocycles. The Morgan fingerprint density at radius 3 is 2.43 bits per heavy atom. The fourth-order valence-corrected chi connectivity index (χ4v) is 1.23. The van der Waals surface area contributed by atoms with Crippen LogP contribution in [0.1, 0.15) is 11.1 Å². The Morgan fingerprint density at radius 2 is 1.93 bits per heavy atom. The normalized spacial score (nSPS) is 9.79. The van der Waals surface area contributed by atoms with Crippen molar-refractivity contribution in [3.63, 3.8) is 0 Å². The summed E-state index contributed by atoms with van der Waals surface area (Å²) in [6.45, 7) is 4.19. The summed E-state index contributed by atoms with van der Waals surface area (Å²) in [5, 5.41) is 10.5. The van der Waals surface area contributed by atoms with Crippen molar-refractivity contribution in [2.24, 2.45) is 4.99 Å². The van der Waals surface area contributed by atoms with E-state index >= 15 is 0 Å². The zero-order valence-corrected chi connectivity index (χ0v) is 8.38. The summed E-state index contributed by atoms with van der Waals surface area (Å²) < 4.78 is 0. The summed E-state index contributed by atoms with van der Waals surface area (Å²) in [6.07, 6.45) is 0.559. The Morgan fingerprint density at radius 1 is 1.36 bits per heavy atom. The van der Waals surface area contributed by atoms with Gasteiger partial charge in [0.05, 0.1) is 0 Å². The van der Waals surface area contributed by atoms with E-state index in [1.54, 1.807) is 0 Å². The van der Waals surface area contributed by atoms with Crippen LogP contribution in [0.15, 0.2) is 29.3 Å². The van der Waals surface area contributed by atoms with Gasteiger partial charge in [0, 0.05) is 13.0 Å². The number of nitrogens with zero attached hydrogens (tertiary/aromatic N) is 1. The predicted molar refractivity (Wildman–Crippen MR) is 60.2 cm³/mol. The van der Waals surface area contributed by atoms with Gasteiger partial charge in [-0.25, -0.2) is 4.99 Å². The van der Waals surface area contributed by atoms with Crippen molar-refractivity contribution in [3.8, 4) is 0 Å². The lowest BCUT2D eigenvalue weighted by Crippen LogP contribution is -2.05. The standard InChI is InChI=1S/C11H15N3/c1-13-8-10-5-3-9(4-6-10)7-11(12)14-2/h3-6,12-13H,2,7-8H2,1H3. The maximum atomic E-state index is 7.37. The van der Waals surface area contributed by atoms with Gasteiger partial charge in [-0.1, -0.05) is 24.3 Å². The van der Waals surface area contributed by atoms with E-state index in [0.717, 1.165) is 12.1 Å². The Hall–Kier alpha value is -1.48. The van der Waals surface area contributed by atoms with Gasteiger partial charge in [-0.05, 0) is 24.9 Å². The van der Waals surface area contributed by atoms with Crippen LogP contribution in [0.2, 0.25) is 0 Å². The average Bonchev–Trinajstić information content (AvgIpc) is 2.21. The third-order valence-electron chi connectivity index (χ3n) is 1.97. The van der Waals surface area contributed by atoms with E-state index in [4.69, 9.17) is 5.41 Å². The van der Waals surface area contributed by atoms with Crippen LogP contribution in [0.5, 0.6) is 0 Å². The van der Waals surface area contributed by atoms with Crippen LogP contribution in [0, 0.1) is 5.41 Å². The first-order valence-electron chi connectivity index (χ1n) is 4.53. The zero-order chi connectivity index (χ0) is 10.4. The molecule has 74 valence electrons. The quantitative estimate of drug-likeness (QED) is 0.549. The molecule has 3 heteroatoms. The summed E-state index contributed by atoms with van der Waals surface area (Å²) in [5.41, 5.74) is 2.34. The molecule has 14 heavy (non-hydrogen) atoms. The van der Waals surface area contributed by atoms with Gasteiger partial charge in [0.25, 0.3) is 0 Å². The van der Waals surface area contributed by atoms with E-state index in [1.165, 1.54) is 5.56 Å². The molecule has 0 aliphatic heterocycles. The first-order chi connectivity index (χ1) is 6.76. The molecule has 0 atom stereocenters. The van der Waals surface area contributed by atoms with Crippen molar-refractivity contribution in [1.82, 2.24) is 5.32 Å². The zero-order valence-electron chi connectivity index (χ0n) is 8.38. The second-order valence-corrected chi connectivity index (χ2v) is 3.13. The van der Waals surface area contributed by atoms with E-state index in [0.29, 0.717) is 12.3 Å². The summed E-state index contributed by atoms with van der Waals surface area (Å²) >= 11 is 0. The Kier molecular flexibility index (Phi) is 4.01. The van der Waals surface area contributed by atoms with Gasteiger partial charge < -0.3 is 5.32 Å². The van der Waals surface area contributed by atoms with Gasteiger partial charge in [-0.15, -0.1) is 0 Å². The largest absolute Gasteiger partial charge is 0.316 e. The van der Waals surface area contributed by atoms with E-state index in [-0.39, 0.29) is 0 Å². The molecule has 0 saturated heterocycles. The lowest BCUT2D eigenvalue weighted by Gasteiger charge is -2.02. The van der Waals surface area contributed by atoms with Gasteiger partial charge in [-0.3, -0.25) is 5.41 Å². The van der Waals surface area contributed by atoms with Gasteiger partial charge in [0.1, 0.15) is 5.84 Å². The second kappa shape index (κ2) is 5.29. The number of amidine groups is 1. The van der Waals surface area contributed by atoms with Crippen LogP contribution in [-0.2, 0) is 13.0 Å². The molecular weight excluding hydrogens is 174 g/mol. The first-order valence-corrected chi connectivity index (χ1v) is 4.53. The summed E-state index contributed by atoms with van der Waals surface area (Å²) in [6, 6.07) is 8.16. The van der Waals surface area contributed by atoms with Crippen molar-refractivity contribution >= 4 is 12.6 Å². The average molecular weight is 189 g/mol. The number of benzene rings is 1. The Bertz CT molecular complexity index is 314. The molecule has 0 amide bonds. The van der Waals surface area contributed by atoms with Gasteiger partial charge in [-0.2, -0.15) is 0 Å². The number of hydrogen-bond donors (Lipinski definition) is 2. The van der Waals surface area contributed by atoms with Crippen LogP contribution < -0.4 is 5.32 Å². The molecular formula is C11H15N3. The van der Waals surface area contributed by atoms with Crippen molar-refractivity contribution in [2.75, 3.05) is 7.05 Å². The molecule has 0 unspecified atom stereocenters. The molecule has 0 radical (unpaired) electrons. The Balaban J connectivity index is 2.63. The molecule has 0 bridgehead atoms. The highest BCUT2D eigenvalue weighted by molar-refractivity contribution is 5.85. The number of aliphatic imine (C=N–C) groups is 1. The minimum absolute atomic E-state index is 0.311. The summed E-state index contributed by atoms with van der Waals surface area (Å²) in [5.74, 6) is 0.311. The maximum absolute atomic E-state index is 7.37. The van der Waals surface area contributed by atoms with E-state index < -0.39 is 0 Å². The summed E-state index contributed by atoms with van der Waals surface area (Å²) in [4.78, 5) is 3.56. The van der Waals surface area contributed by atoms with Crippen LogP contribution in [0.3, 0.4) is 0 Å². The molecule has 3 nitrogen and oxygen atoms in total. The highest BCUT2D eigenvalue weighted by Crippen LogP contribution is 2.05. The van der Waals surface area contributed by atoms with Crippen molar-refractivity contribution in [2.45, 2.75) is 13.0 Å². The van der Waals surface area contributed by atoms with Gasteiger partial charge in [0.2, 0.25) is 0 Å². The molecule has 0 fully saturated rings. The third kappa shape index (κ3) is 3.11. The molecule has 0 spiro atoms. The van der Waals surface area contributed by atoms with Crippen molar-refractivity contribution in [3.05, 3.63) is 35.4 Å². The van der Waals surface area contributed by atoms with Crippen molar-refractivity contribution < 1.29 is 0 Å². The van der Waals surface area contributed by atoms with E-state index in [2.05, 4.69) is 29.2 Å². The monoisotopic (exact) mass is 189 g/mol. The number of hydrogen-bond acceptors (Lipinski definition) is 2. The van der Waals surface area contributed by atoms with Crippen LogP contribution in [-0.4, -0.2) is 19.6 Å². The second-order valence-electron chi connectivity index (χ2n) is 3.13. The van der Waals surface area contributed by atoms with Gasteiger partial charge >= 0.3 is 0 Å². The molecule has 1 rings (SSSR count). The Labute approximate surface area is 84.4 Å². The van der Waals surface area contributed by atoms with Crippen LogP contribution >= 0.6 is 0 Å². The lowest BCUT2D eigenvalue weighted by molar-refractivity contribution is 0.817. The molecule has 0 aliphatic carbocycles. The van der Waals surface area contributed by atoms with Crippen LogP contribution in [0.25, 0.3) is 0 Å². The molecule has 0 heterocycles. The molecule has 0 aromatic heterocycles.